The van der Waals surface area contributed by atoms with Crippen molar-refractivity contribution >= 4 is 11.7 Å². The summed E-state index contributed by atoms with van der Waals surface area (Å²) >= 11 is 0. The normalized spacial score (nSPS) is 10.5. The lowest BCUT2D eigenvalue weighted by molar-refractivity contribution is -0.129. The van der Waals surface area contributed by atoms with E-state index < -0.39 is 5.97 Å². The van der Waals surface area contributed by atoms with Crippen molar-refractivity contribution in [3.63, 3.8) is 0 Å². The van der Waals surface area contributed by atoms with Crippen molar-refractivity contribution in [1.29, 1.82) is 0 Å². The van der Waals surface area contributed by atoms with Gasteiger partial charge in [-0.1, -0.05) is 13.2 Å². The number of hydrogen-bond acceptors (Lipinski definition) is 3. The highest BCUT2D eigenvalue weighted by Crippen LogP contribution is 1.82. The van der Waals surface area contributed by atoms with Crippen LogP contribution in [0.25, 0.3) is 0 Å². The number of nitrogens with one attached hydrogen (secondary N) is 1. The molecule has 0 amide bonds. The zero-order valence-corrected chi connectivity index (χ0v) is 6.29. The zero-order chi connectivity index (χ0) is 8.85. The van der Waals surface area contributed by atoms with E-state index in [2.05, 4.69) is 23.7 Å². The number of carboxylic acid groups (broad SMARTS) is 1. The molecule has 0 atom stereocenters. The third-order valence-corrected chi connectivity index (χ3v) is 0.780. The number of hydrazone groups is 1. The fraction of sp³-hybridized carbons (Fsp3) is 0.143. The Morgan fingerprint density at radius 3 is 2.55 bits per heavy atom. The first-order valence-corrected chi connectivity index (χ1v) is 2.93. The summed E-state index contributed by atoms with van der Waals surface area (Å²) in [6.45, 7) is 8.43. The molecule has 0 unspecified atom stereocenters. The number of hydrogen-bond donors (Lipinski definition) is 2. The molecule has 0 radical (unpaired) electrons. The van der Waals surface area contributed by atoms with Crippen LogP contribution in [-0.4, -0.2) is 16.8 Å². The summed E-state index contributed by atoms with van der Waals surface area (Å²) in [6.07, 6.45) is 1.15. The van der Waals surface area contributed by atoms with Gasteiger partial charge in [-0.3, -0.25) is 5.43 Å². The molecule has 60 valence electrons. The minimum Gasteiger partial charge on any atom is -0.476 e. The first-order valence-electron chi connectivity index (χ1n) is 2.93. The van der Waals surface area contributed by atoms with E-state index in [1.54, 1.807) is 6.92 Å². The molecule has 0 bridgehead atoms. The van der Waals surface area contributed by atoms with Crippen molar-refractivity contribution in [3.8, 4) is 0 Å². The van der Waals surface area contributed by atoms with E-state index in [-0.39, 0.29) is 5.71 Å². The van der Waals surface area contributed by atoms with Gasteiger partial charge >= 0.3 is 5.97 Å². The lowest BCUT2D eigenvalue weighted by atomic mass is 10.4. The number of nitrogens with zero attached hydrogens (tertiary/aromatic N) is 1. The molecule has 0 aromatic rings. The monoisotopic (exact) mass is 154 g/mol. The molecule has 0 aliphatic rings. The molecule has 0 spiro atoms. The maximum Gasteiger partial charge on any atom is 0.356 e. The van der Waals surface area contributed by atoms with E-state index in [0.29, 0.717) is 5.70 Å². The van der Waals surface area contributed by atoms with Crippen molar-refractivity contribution in [1.82, 2.24) is 5.43 Å². The first kappa shape index (κ1) is 9.42. The molecule has 0 aromatic carbocycles. The Kier molecular flexibility index (Phi) is 3.66. The van der Waals surface area contributed by atoms with E-state index >= 15 is 0 Å². The topological polar surface area (TPSA) is 61.7 Å². The van der Waals surface area contributed by atoms with Crippen molar-refractivity contribution in [2.24, 2.45) is 5.10 Å². The van der Waals surface area contributed by atoms with Gasteiger partial charge in [0, 0.05) is 5.70 Å². The van der Waals surface area contributed by atoms with Crippen LogP contribution in [0, 0.1) is 0 Å². The highest BCUT2D eigenvalue weighted by atomic mass is 16.4. The van der Waals surface area contributed by atoms with E-state index in [4.69, 9.17) is 5.11 Å². The fourth-order valence-electron chi connectivity index (χ4n) is 0.336. The summed E-state index contributed by atoms with van der Waals surface area (Å²) in [5, 5.41) is 11.9. The van der Waals surface area contributed by atoms with Crippen LogP contribution in [0.4, 0.5) is 0 Å². The molecular formula is C7H10N2O2. The second-order valence-corrected chi connectivity index (χ2v) is 1.90. The Morgan fingerprint density at radius 1 is 1.73 bits per heavy atom. The van der Waals surface area contributed by atoms with Gasteiger partial charge in [0.15, 0.2) is 5.71 Å². The number of rotatable bonds is 4. The van der Waals surface area contributed by atoms with Gasteiger partial charge in [-0.25, -0.2) is 4.79 Å². The van der Waals surface area contributed by atoms with Gasteiger partial charge in [0.25, 0.3) is 0 Å². The van der Waals surface area contributed by atoms with E-state index in [0.717, 1.165) is 6.08 Å². The van der Waals surface area contributed by atoms with Gasteiger partial charge in [-0.2, -0.15) is 5.10 Å². The molecule has 0 aliphatic carbocycles. The predicted molar refractivity (Wildman–Crippen MR) is 43.2 cm³/mol. The van der Waals surface area contributed by atoms with Crippen LogP contribution in [0.1, 0.15) is 6.92 Å². The second kappa shape index (κ2) is 4.27. The first-order chi connectivity index (χ1) is 5.07. The van der Waals surface area contributed by atoms with Crippen LogP contribution in [-0.2, 0) is 4.79 Å². The standard InChI is InChI=1S/C7H10N2O2/c1-4-6(7(10)11)9-8-5(2)3/h4,8H,1-2H2,3H3,(H,10,11)/b9-6+. The van der Waals surface area contributed by atoms with E-state index in [9.17, 15) is 4.79 Å². The Hall–Kier alpha value is -1.58. The molecule has 0 aromatic heterocycles. The van der Waals surface area contributed by atoms with Gasteiger partial charge in [0.1, 0.15) is 0 Å². The fourth-order valence-corrected chi connectivity index (χ4v) is 0.336. The molecule has 0 heterocycles. The highest BCUT2D eigenvalue weighted by molar-refractivity contribution is 6.40. The largest absolute Gasteiger partial charge is 0.476 e. The zero-order valence-electron chi connectivity index (χ0n) is 6.29. The molecule has 0 saturated heterocycles. The average molecular weight is 154 g/mol. The molecule has 4 nitrogen and oxygen atoms in total. The number of carbonyl (C=O) groups is 1. The minimum absolute atomic E-state index is 0.131. The van der Waals surface area contributed by atoms with Crippen molar-refractivity contribution in [3.05, 3.63) is 24.9 Å². The third-order valence-electron chi connectivity index (χ3n) is 0.780. The average Bonchev–Trinajstić information content (AvgIpc) is 1.87. The summed E-state index contributed by atoms with van der Waals surface area (Å²) < 4.78 is 0. The smallest absolute Gasteiger partial charge is 0.356 e. The van der Waals surface area contributed by atoms with Crippen molar-refractivity contribution in [2.75, 3.05) is 0 Å². The minimum atomic E-state index is -1.12. The quantitative estimate of drug-likeness (QED) is 0.463. The predicted octanol–water partition coefficient (Wildman–Crippen LogP) is 0.736. The summed E-state index contributed by atoms with van der Waals surface area (Å²) in [6, 6.07) is 0. The van der Waals surface area contributed by atoms with Gasteiger partial charge in [-0.15, -0.1) is 0 Å². The van der Waals surface area contributed by atoms with Crippen molar-refractivity contribution < 1.29 is 9.90 Å². The third kappa shape index (κ3) is 3.91. The maximum absolute atomic E-state index is 10.3. The lowest BCUT2D eigenvalue weighted by Gasteiger charge is -1.96. The summed E-state index contributed by atoms with van der Waals surface area (Å²) in [4.78, 5) is 10.3. The molecule has 0 aliphatic heterocycles. The Balaban J connectivity index is 4.24. The molecule has 11 heavy (non-hydrogen) atoms. The summed E-state index contributed by atoms with van der Waals surface area (Å²) in [5.41, 5.74) is 2.86. The van der Waals surface area contributed by atoms with E-state index in [1.165, 1.54) is 0 Å². The lowest BCUT2D eigenvalue weighted by Crippen LogP contribution is -2.14. The molecular weight excluding hydrogens is 144 g/mol. The van der Waals surface area contributed by atoms with E-state index in [1.807, 2.05) is 0 Å². The maximum atomic E-state index is 10.3. The molecule has 0 fully saturated rings. The second-order valence-electron chi connectivity index (χ2n) is 1.90. The van der Waals surface area contributed by atoms with Crippen molar-refractivity contribution in [2.45, 2.75) is 6.92 Å². The molecule has 4 heteroatoms. The number of allylic oxidation sites excluding steroid dienone is 1. The Morgan fingerprint density at radius 2 is 2.27 bits per heavy atom. The molecule has 0 rings (SSSR count). The van der Waals surface area contributed by atoms with Crippen LogP contribution in [0.3, 0.4) is 0 Å². The van der Waals surface area contributed by atoms with Gasteiger partial charge in [0.2, 0.25) is 0 Å². The van der Waals surface area contributed by atoms with Gasteiger partial charge in [0.05, 0.1) is 0 Å². The van der Waals surface area contributed by atoms with Gasteiger partial charge < -0.3 is 5.11 Å². The molecule has 0 saturated carbocycles. The number of aliphatic carboxylic acids is 1. The SMILES string of the molecule is C=C/C(=N\NC(=C)C)C(=O)O. The Labute approximate surface area is 64.9 Å². The van der Waals surface area contributed by atoms with Crippen LogP contribution >= 0.6 is 0 Å². The van der Waals surface area contributed by atoms with Crippen LogP contribution in [0.2, 0.25) is 0 Å². The highest BCUT2D eigenvalue weighted by Gasteiger charge is 2.02. The number of carboxylic acids is 1. The summed E-state index contributed by atoms with van der Waals surface area (Å²) in [7, 11) is 0. The van der Waals surface area contributed by atoms with Crippen LogP contribution in [0.5, 0.6) is 0 Å². The molecule has 2 N–H and O–H groups in total. The van der Waals surface area contributed by atoms with Crippen LogP contribution < -0.4 is 5.43 Å². The summed E-state index contributed by atoms with van der Waals surface area (Å²) in [5.74, 6) is -1.12. The van der Waals surface area contributed by atoms with Crippen LogP contribution in [0.15, 0.2) is 30.0 Å². The Bertz CT molecular complexity index is 218. The van der Waals surface area contributed by atoms with Gasteiger partial charge in [-0.05, 0) is 13.0 Å².